The zero-order valence-electron chi connectivity index (χ0n) is 23.9. The first-order valence-electron chi connectivity index (χ1n) is 13.4. The fraction of sp³-hybridized carbons (Fsp3) is 0.273. The number of hydrogen-bond donors (Lipinski definition) is 3. The van der Waals surface area contributed by atoms with Gasteiger partial charge in [-0.1, -0.05) is 36.4 Å². The maximum absolute atomic E-state index is 13.5. The number of nitrogens with zero attached hydrogens (tertiary/aromatic N) is 1. The number of aromatic carboxylic acids is 1. The third-order valence-electron chi connectivity index (χ3n) is 6.90. The number of carbonyl (C=O) groups excluding carboxylic acids is 2. The fourth-order valence-electron chi connectivity index (χ4n) is 4.72. The Morgan fingerprint density at radius 1 is 0.951 bits per heavy atom. The highest BCUT2D eigenvalue weighted by molar-refractivity contribution is 5.98. The van der Waals surface area contributed by atoms with Gasteiger partial charge in [0.1, 0.15) is 5.60 Å². The third kappa shape index (κ3) is 7.48. The lowest BCUT2D eigenvalue weighted by molar-refractivity contribution is -0.117. The number of ether oxygens (including phenoxy) is 1. The van der Waals surface area contributed by atoms with Crippen molar-refractivity contribution in [2.24, 2.45) is 0 Å². The second-order valence-corrected chi connectivity index (χ2v) is 11.1. The van der Waals surface area contributed by atoms with Crippen molar-refractivity contribution >= 4 is 34.4 Å². The number of hydrogen-bond acceptors (Lipinski definition) is 5. The highest BCUT2D eigenvalue weighted by Crippen LogP contribution is 2.25. The van der Waals surface area contributed by atoms with Gasteiger partial charge in [-0.15, -0.1) is 0 Å². The minimum Gasteiger partial charge on any atom is -0.478 e. The van der Waals surface area contributed by atoms with Crippen molar-refractivity contribution in [2.75, 3.05) is 11.9 Å². The van der Waals surface area contributed by atoms with Crippen LogP contribution >= 0.6 is 0 Å². The van der Waals surface area contributed by atoms with Gasteiger partial charge in [0.05, 0.1) is 11.5 Å². The molecular formula is C33H35N3O5. The molecule has 0 aliphatic heterocycles. The van der Waals surface area contributed by atoms with Crippen LogP contribution in [-0.2, 0) is 16.0 Å². The van der Waals surface area contributed by atoms with Crippen LogP contribution in [0.3, 0.4) is 0 Å². The van der Waals surface area contributed by atoms with Gasteiger partial charge in [-0.2, -0.15) is 0 Å². The highest BCUT2D eigenvalue weighted by atomic mass is 16.6. The normalized spacial score (nSPS) is 12.0. The van der Waals surface area contributed by atoms with E-state index in [1.165, 1.54) is 0 Å². The minimum absolute atomic E-state index is 0.0382. The molecule has 1 aromatic heterocycles. The predicted molar refractivity (Wildman–Crippen MR) is 159 cm³/mol. The van der Waals surface area contributed by atoms with E-state index in [1.807, 2.05) is 68.4 Å². The number of carboxylic acids is 1. The Hall–Kier alpha value is -4.72. The number of pyridine rings is 1. The van der Waals surface area contributed by atoms with E-state index < -0.39 is 23.6 Å². The van der Waals surface area contributed by atoms with Crippen molar-refractivity contribution < 1.29 is 24.2 Å². The maximum Gasteiger partial charge on any atom is 0.407 e. The monoisotopic (exact) mass is 553 g/mol. The largest absolute Gasteiger partial charge is 0.478 e. The van der Waals surface area contributed by atoms with E-state index in [0.717, 1.165) is 38.6 Å². The summed E-state index contributed by atoms with van der Waals surface area (Å²) in [6, 6.07) is 18.5. The zero-order valence-corrected chi connectivity index (χ0v) is 23.9. The lowest BCUT2D eigenvalue weighted by Crippen LogP contribution is -2.37. The molecule has 0 spiro atoms. The quantitative estimate of drug-likeness (QED) is 0.233. The molecule has 0 fully saturated rings. The Morgan fingerprint density at radius 3 is 2.37 bits per heavy atom. The summed E-state index contributed by atoms with van der Waals surface area (Å²) in [5, 5.41) is 17.2. The first kappa shape index (κ1) is 29.3. The molecule has 0 aliphatic rings. The molecule has 1 unspecified atom stereocenters. The number of alkyl carbamates (subject to hydrolysis) is 1. The van der Waals surface area contributed by atoms with Gasteiger partial charge in [0, 0.05) is 30.0 Å². The number of aryl methyl sites for hydroxylation is 1. The number of anilines is 1. The zero-order chi connectivity index (χ0) is 29.7. The number of carboxylic acid groups (broad SMARTS) is 1. The third-order valence-corrected chi connectivity index (χ3v) is 6.90. The second kappa shape index (κ2) is 12.2. The standard InChI is InChI=1S/C33H35N3O5/c1-20-6-13-27(31(38)39)21(2)28(20)16-22-7-9-23(10-8-22)29(19-35-32(40)41-33(3,4)5)30(37)36-26-12-11-25-18-34-15-14-24(25)17-26/h6-15,17-18,29H,16,19H2,1-5H3,(H,35,40)(H,36,37)(H,38,39). The van der Waals surface area contributed by atoms with Crippen LogP contribution < -0.4 is 10.6 Å². The van der Waals surface area contributed by atoms with Crippen molar-refractivity contribution in [2.45, 2.75) is 52.6 Å². The molecule has 4 rings (SSSR count). The maximum atomic E-state index is 13.5. The van der Waals surface area contributed by atoms with Gasteiger partial charge in [0.15, 0.2) is 0 Å². The van der Waals surface area contributed by atoms with E-state index in [-0.39, 0.29) is 18.0 Å². The van der Waals surface area contributed by atoms with E-state index in [1.54, 1.807) is 39.2 Å². The average Bonchev–Trinajstić information content (AvgIpc) is 2.90. The lowest BCUT2D eigenvalue weighted by Gasteiger charge is -2.22. The Labute approximate surface area is 239 Å². The number of amides is 2. The molecule has 1 atom stereocenters. The molecule has 0 aliphatic carbocycles. The Kier molecular flexibility index (Phi) is 8.71. The van der Waals surface area contributed by atoms with E-state index in [0.29, 0.717) is 12.1 Å². The van der Waals surface area contributed by atoms with Gasteiger partial charge >= 0.3 is 12.1 Å². The number of fused-ring (bicyclic) bond motifs is 1. The van der Waals surface area contributed by atoms with Gasteiger partial charge < -0.3 is 20.5 Å². The molecule has 8 nitrogen and oxygen atoms in total. The summed E-state index contributed by atoms with van der Waals surface area (Å²) in [5.74, 6) is -1.92. The molecule has 0 radical (unpaired) electrons. The number of rotatable bonds is 8. The SMILES string of the molecule is Cc1ccc(C(=O)O)c(C)c1Cc1ccc(C(CNC(=O)OC(C)(C)C)C(=O)Nc2ccc3cnccc3c2)cc1. The summed E-state index contributed by atoms with van der Waals surface area (Å²) in [4.78, 5) is 41.7. The number of nitrogens with one attached hydrogen (secondary N) is 2. The summed E-state index contributed by atoms with van der Waals surface area (Å²) in [6.45, 7) is 9.16. The summed E-state index contributed by atoms with van der Waals surface area (Å²) in [5.41, 5.74) is 4.68. The first-order chi connectivity index (χ1) is 19.4. The molecule has 0 saturated heterocycles. The molecule has 0 saturated carbocycles. The number of carbonyl (C=O) groups is 3. The van der Waals surface area contributed by atoms with E-state index in [2.05, 4.69) is 15.6 Å². The van der Waals surface area contributed by atoms with E-state index in [4.69, 9.17) is 4.74 Å². The number of aromatic nitrogens is 1. The van der Waals surface area contributed by atoms with Crippen molar-refractivity contribution in [3.63, 3.8) is 0 Å². The molecule has 0 bridgehead atoms. The first-order valence-corrected chi connectivity index (χ1v) is 13.4. The van der Waals surface area contributed by atoms with Crippen LogP contribution in [0.5, 0.6) is 0 Å². The fourth-order valence-corrected chi connectivity index (χ4v) is 4.72. The molecule has 1 heterocycles. The molecule has 41 heavy (non-hydrogen) atoms. The summed E-state index contributed by atoms with van der Waals surface area (Å²) < 4.78 is 5.38. The van der Waals surface area contributed by atoms with Gasteiger partial charge in [0.2, 0.25) is 5.91 Å². The van der Waals surface area contributed by atoms with Gasteiger partial charge in [0.25, 0.3) is 0 Å². The molecule has 8 heteroatoms. The van der Waals surface area contributed by atoms with Crippen LogP contribution in [0.1, 0.15) is 64.9 Å². The molecule has 2 amide bonds. The number of benzene rings is 3. The van der Waals surface area contributed by atoms with Crippen molar-refractivity contribution in [1.82, 2.24) is 10.3 Å². The van der Waals surface area contributed by atoms with Crippen molar-refractivity contribution in [3.8, 4) is 0 Å². The summed E-state index contributed by atoms with van der Waals surface area (Å²) >= 11 is 0. The van der Waals surface area contributed by atoms with Crippen molar-refractivity contribution in [1.29, 1.82) is 0 Å². The van der Waals surface area contributed by atoms with Crippen molar-refractivity contribution in [3.05, 3.63) is 106 Å². The molecular weight excluding hydrogens is 518 g/mol. The van der Waals surface area contributed by atoms with Crippen LogP contribution in [0, 0.1) is 13.8 Å². The molecule has 3 aromatic carbocycles. The Balaban J connectivity index is 1.57. The lowest BCUT2D eigenvalue weighted by atomic mass is 9.91. The van der Waals surface area contributed by atoms with Gasteiger partial charge in [-0.05, 0) is 98.5 Å². The average molecular weight is 554 g/mol. The Bertz CT molecular complexity index is 1590. The predicted octanol–water partition coefficient (Wildman–Crippen LogP) is 6.39. The molecule has 4 aromatic rings. The highest BCUT2D eigenvalue weighted by Gasteiger charge is 2.24. The smallest absolute Gasteiger partial charge is 0.407 e. The van der Waals surface area contributed by atoms with Crippen LogP contribution in [0.15, 0.2) is 73.1 Å². The van der Waals surface area contributed by atoms with Gasteiger partial charge in [-0.3, -0.25) is 9.78 Å². The van der Waals surface area contributed by atoms with Crippen LogP contribution in [0.4, 0.5) is 10.5 Å². The molecule has 3 N–H and O–H groups in total. The summed E-state index contributed by atoms with van der Waals surface area (Å²) in [7, 11) is 0. The Morgan fingerprint density at radius 2 is 1.68 bits per heavy atom. The van der Waals surface area contributed by atoms with E-state index in [9.17, 15) is 19.5 Å². The topological polar surface area (TPSA) is 118 Å². The van der Waals surface area contributed by atoms with E-state index >= 15 is 0 Å². The van der Waals surface area contributed by atoms with Crippen LogP contribution in [-0.4, -0.2) is 40.2 Å². The minimum atomic E-state index is -0.950. The van der Waals surface area contributed by atoms with Gasteiger partial charge in [-0.25, -0.2) is 9.59 Å². The summed E-state index contributed by atoms with van der Waals surface area (Å²) in [6.07, 6.45) is 3.41. The van der Waals surface area contributed by atoms with Crippen LogP contribution in [0.25, 0.3) is 10.8 Å². The second-order valence-electron chi connectivity index (χ2n) is 11.1. The molecule has 212 valence electrons. The van der Waals surface area contributed by atoms with Crippen LogP contribution in [0.2, 0.25) is 0 Å².